The molecule has 3 heterocycles. The van der Waals surface area contributed by atoms with Crippen LogP contribution in [0.3, 0.4) is 0 Å². The van der Waals surface area contributed by atoms with E-state index >= 15 is 0 Å². The van der Waals surface area contributed by atoms with E-state index in [1.165, 1.54) is 6.42 Å². The highest BCUT2D eigenvalue weighted by atomic mass is 15.4. The molecule has 1 saturated heterocycles. The zero-order chi connectivity index (χ0) is 14.8. The average molecular weight is 287 g/mol. The molecule has 1 aliphatic rings. The van der Waals surface area contributed by atoms with E-state index in [1.54, 1.807) is 10.9 Å². The molecule has 2 aromatic rings. The second-order valence-corrected chi connectivity index (χ2v) is 5.63. The van der Waals surface area contributed by atoms with Crippen LogP contribution in [0.1, 0.15) is 26.7 Å². The van der Waals surface area contributed by atoms with Crippen molar-refractivity contribution in [2.75, 3.05) is 23.8 Å². The van der Waals surface area contributed by atoms with Crippen molar-refractivity contribution in [1.29, 1.82) is 0 Å². The number of rotatable bonds is 3. The molecule has 0 saturated carbocycles. The standard InChI is InChI=1S/C14H21N7/c1-10-5-8-20(11(2)9-10)13-17-12(15-3)18-14(19-13)21-7-4-6-16-21/h4,6-7,10-11H,5,8-9H2,1-3H3,(H,15,17,18,19). The molecule has 3 rings (SSSR count). The van der Waals surface area contributed by atoms with Gasteiger partial charge in [-0.05, 0) is 31.7 Å². The Bertz CT molecular complexity index is 595. The summed E-state index contributed by atoms with van der Waals surface area (Å²) in [6.45, 7) is 5.51. The second kappa shape index (κ2) is 5.67. The SMILES string of the molecule is CNc1nc(N2CCC(C)CC2C)nc(-n2cccn2)n1. The quantitative estimate of drug-likeness (QED) is 0.927. The van der Waals surface area contributed by atoms with E-state index in [0.29, 0.717) is 17.9 Å². The highest BCUT2D eigenvalue weighted by molar-refractivity contribution is 5.41. The van der Waals surface area contributed by atoms with Crippen LogP contribution in [-0.2, 0) is 0 Å². The van der Waals surface area contributed by atoms with Gasteiger partial charge in [0.05, 0.1) is 0 Å². The summed E-state index contributed by atoms with van der Waals surface area (Å²) in [5, 5.41) is 7.20. The average Bonchev–Trinajstić information content (AvgIpc) is 3.01. The third kappa shape index (κ3) is 2.81. The molecule has 0 radical (unpaired) electrons. The minimum atomic E-state index is 0.436. The Balaban J connectivity index is 1.96. The highest BCUT2D eigenvalue weighted by Gasteiger charge is 2.25. The maximum atomic E-state index is 4.59. The Morgan fingerprint density at radius 1 is 1.19 bits per heavy atom. The maximum Gasteiger partial charge on any atom is 0.257 e. The highest BCUT2D eigenvalue weighted by Crippen LogP contribution is 2.26. The largest absolute Gasteiger partial charge is 0.357 e. The van der Waals surface area contributed by atoms with Crippen molar-refractivity contribution in [3.8, 4) is 5.95 Å². The summed E-state index contributed by atoms with van der Waals surface area (Å²) in [5.74, 6) is 2.59. The van der Waals surface area contributed by atoms with Gasteiger partial charge in [0.1, 0.15) is 0 Å². The van der Waals surface area contributed by atoms with Gasteiger partial charge in [0.25, 0.3) is 5.95 Å². The molecule has 2 atom stereocenters. The van der Waals surface area contributed by atoms with Crippen molar-refractivity contribution in [3.05, 3.63) is 18.5 Å². The van der Waals surface area contributed by atoms with Crippen LogP contribution in [0.2, 0.25) is 0 Å². The first-order chi connectivity index (χ1) is 10.2. The number of nitrogens with zero attached hydrogens (tertiary/aromatic N) is 6. The molecular weight excluding hydrogens is 266 g/mol. The summed E-state index contributed by atoms with van der Waals surface area (Å²) < 4.78 is 1.66. The number of anilines is 2. The van der Waals surface area contributed by atoms with Gasteiger partial charge in [0.15, 0.2) is 0 Å². The fourth-order valence-corrected chi connectivity index (χ4v) is 2.79. The molecule has 7 nitrogen and oxygen atoms in total. The van der Waals surface area contributed by atoms with Crippen molar-refractivity contribution < 1.29 is 0 Å². The fourth-order valence-electron chi connectivity index (χ4n) is 2.79. The fraction of sp³-hybridized carbons (Fsp3) is 0.571. The number of hydrogen-bond acceptors (Lipinski definition) is 6. The van der Waals surface area contributed by atoms with E-state index in [-0.39, 0.29) is 0 Å². The van der Waals surface area contributed by atoms with Crippen molar-refractivity contribution in [3.63, 3.8) is 0 Å². The lowest BCUT2D eigenvalue weighted by atomic mass is 9.94. The molecule has 0 bridgehead atoms. The maximum absolute atomic E-state index is 4.59. The zero-order valence-electron chi connectivity index (χ0n) is 12.7. The van der Waals surface area contributed by atoms with Gasteiger partial charge in [-0.15, -0.1) is 0 Å². The second-order valence-electron chi connectivity index (χ2n) is 5.63. The molecule has 7 heteroatoms. The summed E-state index contributed by atoms with van der Waals surface area (Å²) in [5.41, 5.74) is 0. The molecule has 21 heavy (non-hydrogen) atoms. The molecule has 1 fully saturated rings. The van der Waals surface area contributed by atoms with Crippen molar-refractivity contribution >= 4 is 11.9 Å². The van der Waals surface area contributed by atoms with E-state index in [4.69, 9.17) is 0 Å². The van der Waals surface area contributed by atoms with Gasteiger partial charge < -0.3 is 10.2 Å². The van der Waals surface area contributed by atoms with Gasteiger partial charge in [-0.1, -0.05) is 6.92 Å². The van der Waals surface area contributed by atoms with Crippen LogP contribution in [-0.4, -0.2) is 44.4 Å². The van der Waals surface area contributed by atoms with Crippen LogP contribution in [0.15, 0.2) is 18.5 Å². The smallest absolute Gasteiger partial charge is 0.257 e. The first-order valence-corrected chi connectivity index (χ1v) is 7.38. The zero-order valence-corrected chi connectivity index (χ0v) is 12.7. The molecular formula is C14H21N7. The molecule has 2 aromatic heterocycles. The van der Waals surface area contributed by atoms with Crippen LogP contribution in [0.5, 0.6) is 0 Å². The normalized spacial score (nSPS) is 22.3. The minimum absolute atomic E-state index is 0.436. The van der Waals surface area contributed by atoms with Gasteiger partial charge >= 0.3 is 0 Å². The topological polar surface area (TPSA) is 71.8 Å². The lowest BCUT2D eigenvalue weighted by Crippen LogP contribution is -2.41. The molecule has 1 N–H and O–H groups in total. The molecule has 1 aliphatic heterocycles. The van der Waals surface area contributed by atoms with Gasteiger partial charge in [-0.25, -0.2) is 4.68 Å². The number of piperidine rings is 1. The lowest BCUT2D eigenvalue weighted by molar-refractivity contribution is 0.373. The Labute approximate surface area is 124 Å². The van der Waals surface area contributed by atoms with Crippen LogP contribution < -0.4 is 10.2 Å². The molecule has 0 amide bonds. The minimum Gasteiger partial charge on any atom is -0.357 e. The summed E-state index contributed by atoms with van der Waals surface area (Å²) >= 11 is 0. The van der Waals surface area contributed by atoms with Gasteiger partial charge in [0, 0.05) is 32.0 Å². The molecule has 0 spiro atoms. The summed E-state index contributed by atoms with van der Waals surface area (Å²) in [6, 6.07) is 2.29. The Kier molecular flexibility index (Phi) is 3.72. The summed E-state index contributed by atoms with van der Waals surface area (Å²) in [7, 11) is 1.81. The molecule has 0 aliphatic carbocycles. The van der Waals surface area contributed by atoms with E-state index in [9.17, 15) is 0 Å². The van der Waals surface area contributed by atoms with Crippen LogP contribution in [0.25, 0.3) is 5.95 Å². The number of nitrogens with one attached hydrogen (secondary N) is 1. The molecule has 2 unspecified atom stereocenters. The third-order valence-electron chi connectivity index (χ3n) is 3.94. The van der Waals surface area contributed by atoms with E-state index in [0.717, 1.165) is 24.8 Å². The van der Waals surface area contributed by atoms with E-state index in [2.05, 4.69) is 44.1 Å². The van der Waals surface area contributed by atoms with E-state index in [1.807, 2.05) is 19.3 Å². The van der Waals surface area contributed by atoms with Crippen LogP contribution in [0, 0.1) is 5.92 Å². The first-order valence-electron chi connectivity index (χ1n) is 7.38. The van der Waals surface area contributed by atoms with Crippen molar-refractivity contribution in [1.82, 2.24) is 24.7 Å². The Hall–Kier alpha value is -2.18. The Morgan fingerprint density at radius 3 is 2.67 bits per heavy atom. The number of hydrogen-bond donors (Lipinski definition) is 1. The predicted octanol–water partition coefficient (Wildman–Crippen LogP) is 1.72. The monoisotopic (exact) mass is 287 g/mol. The summed E-state index contributed by atoms with van der Waals surface area (Å²) in [6.07, 6.45) is 5.88. The van der Waals surface area contributed by atoms with Gasteiger partial charge in [-0.2, -0.15) is 20.1 Å². The molecule has 0 aromatic carbocycles. The Morgan fingerprint density at radius 2 is 2.00 bits per heavy atom. The van der Waals surface area contributed by atoms with Crippen molar-refractivity contribution in [2.45, 2.75) is 32.7 Å². The van der Waals surface area contributed by atoms with E-state index < -0.39 is 0 Å². The summed E-state index contributed by atoms with van der Waals surface area (Å²) in [4.78, 5) is 15.7. The first kappa shape index (κ1) is 13.8. The molecule has 112 valence electrons. The predicted molar refractivity (Wildman–Crippen MR) is 81.7 cm³/mol. The lowest BCUT2D eigenvalue weighted by Gasteiger charge is -2.36. The van der Waals surface area contributed by atoms with Gasteiger partial charge in [-0.3, -0.25) is 0 Å². The number of aromatic nitrogens is 5. The third-order valence-corrected chi connectivity index (χ3v) is 3.94. The van der Waals surface area contributed by atoms with Gasteiger partial charge in [0.2, 0.25) is 11.9 Å². The van der Waals surface area contributed by atoms with Crippen LogP contribution in [0.4, 0.5) is 11.9 Å². The van der Waals surface area contributed by atoms with Crippen LogP contribution >= 0.6 is 0 Å². The van der Waals surface area contributed by atoms with Crippen molar-refractivity contribution in [2.24, 2.45) is 5.92 Å².